The molecular formula is C17H19ClFN3O. The van der Waals surface area contributed by atoms with Gasteiger partial charge in [0.05, 0.1) is 6.07 Å². The third-order valence-corrected chi connectivity index (χ3v) is 5.07. The molecule has 0 aromatic heterocycles. The van der Waals surface area contributed by atoms with E-state index in [0.717, 1.165) is 25.8 Å². The Balaban J connectivity index is 1.82. The van der Waals surface area contributed by atoms with Crippen molar-refractivity contribution in [3.05, 3.63) is 34.6 Å². The predicted molar refractivity (Wildman–Crippen MR) is 85.3 cm³/mol. The summed E-state index contributed by atoms with van der Waals surface area (Å²) in [5.41, 5.74) is 0.241. The van der Waals surface area contributed by atoms with Crippen LogP contribution in [0.4, 0.5) is 4.39 Å². The normalized spacial score (nSPS) is 23.8. The maximum absolute atomic E-state index is 14.2. The van der Waals surface area contributed by atoms with Gasteiger partial charge < -0.3 is 4.90 Å². The van der Waals surface area contributed by atoms with E-state index in [1.807, 2.05) is 9.80 Å². The minimum absolute atomic E-state index is 0.111. The van der Waals surface area contributed by atoms with Crippen LogP contribution in [0.5, 0.6) is 0 Å². The third-order valence-electron chi connectivity index (χ3n) is 4.74. The molecule has 122 valence electrons. The van der Waals surface area contributed by atoms with Crippen LogP contribution < -0.4 is 0 Å². The van der Waals surface area contributed by atoms with Crippen LogP contribution in [0.2, 0.25) is 5.02 Å². The predicted octanol–water partition coefficient (Wildman–Crippen LogP) is 3.13. The molecule has 1 aromatic rings. The topological polar surface area (TPSA) is 47.3 Å². The van der Waals surface area contributed by atoms with Gasteiger partial charge in [-0.15, -0.1) is 0 Å². The SMILES string of the molecule is N#CC(c1c(F)cccc1Cl)N1CCCC(N2CCCC2=O)C1. The minimum atomic E-state index is -0.718. The zero-order chi connectivity index (χ0) is 16.4. The van der Waals surface area contributed by atoms with Gasteiger partial charge in [-0.1, -0.05) is 17.7 Å². The lowest BCUT2D eigenvalue weighted by Gasteiger charge is -2.39. The van der Waals surface area contributed by atoms with Gasteiger partial charge in [-0.2, -0.15) is 5.26 Å². The lowest BCUT2D eigenvalue weighted by atomic mass is 9.99. The number of piperidine rings is 1. The molecule has 2 aliphatic heterocycles. The fourth-order valence-electron chi connectivity index (χ4n) is 3.63. The second-order valence-electron chi connectivity index (χ2n) is 6.15. The number of nitrogens with zero attached hydrogens (tertiary/aromatic N) is 3. The summed E-state index contributed by atoms with van der Waals surface area (Å²) in [7, 11) is 0. The Morgan fingerprint density at radius 1 is 1.35 bits per heavy atom. The largest absolute Gasteiger partial charge is 0.338 e. The molecule has 0 saturated carbocycles. The molecule has 2 saturated heterocycles. The van der Waals surface area contributed by atoms with E-state index >= 15 is 0 Å². The number of nitriles is 1. The highest BCUT2D eigenvalue weighted by molar-refractivity contribution is 6.31. The maximum Gasteiger partial charge on any atom is 0.222 e. The first-order valence-corrected chi connectivity index (χ1v) is 8.36. The molecule has 0 bridgehead atoms. The van der Waals surface area contributed by atoms with Gasteiger partial charge in [-0.25, -0.2) is 4.39 Å². The van der Waals surface area contributed by atoms with Crippen molar-refractivity contribution in [1.82, 2.24) is 9.80 Å². The molecule has 6 heteroatoms. The van der Waals surface area contributed by atoms with Crippen LogP contribution in [0.1, 0.15) is 37.3 Å². The van der Waals surface area contributed by atoms with E-state index in [1.165, 1.54) is 12.1 Å². The average molecular weight is 336 g/mol. The van der Waals surface area contributed by atoms with E-state index in [4.69, 9.17) is 11.6 Å². The number of hydrogen-bond acceptors (Lipinski definition) is 3. The van der Waals surface area contributed by atoms with Crippen molar-refractivity contribution in [1.29, 1.82) is 5.26 Å². The standard InChI is InChI=1S/C17H19ClFN3O/c18-13-5-1-6-14(19)17(13)15(10-20)21-8-2-4-12(11-21)22-9-3-7-16(22)23/h1,5-6,12,15H,2-4,7-9,11H2. The average Bonchev–Trinajstić information content (AvgIpc) is 2.97. The molecule has 2 aliphatic rings. The van der Waals surface area contributed by atoms with Gasteiger partial charge in [0, 0.05) is 36.1 Å². The lowest BCUT2D eigenvalue weighted by molar-refractivity contribution is -0.130. The smallest absolute Gasteiger partial charge is 0.222 e. The zero-order valence-corrected chi connectivity index (χ0v) is 13.6. The van der Waals surface area contributed by atoms with Crippen molar-refractivity contribution in [3.8, 4) is 6.07 Å². The van der Waals surface area contributed by atoms with Crippen LogP contribution in [0.25, 0.3) is 0 Å². The van der Waals surface area contributed by atoms with Crippen LogP contribution in [-0.4, -0.2) is 41.4 Å². The van der Waals surface area contributed by atoms with Crippen molar-refractivity contribution < 1.29 is 9.18 Å². The molecule has 4 nitrogen and oxygen atoms in total. The molecule has 23 heavy (non-hydrogen) atoms. The first-order valence-electron chi connectivity index (χ1n) is 7.99. The number of halogens is 2. The summed E-state index contributed by atoms with van der Waals surface area (Å²) >= 11 is 6.13. The quantitative estimate of drug-likeness (QED) is 0.852. The van der Waals surface area contributed by atoms with Gasteiger partial charge in [0.15, 0.2) is 0 Å². The molecule has 2 fully saturated rings. The number of rotatable bonds is 3. The van der Waals surface area contributed by atoms with E-state index in [2.05, 4.69) is 6.07 Å². The lowest BCUT2D eigenvalue weighted by Crippen LogP contribution is -2.49. The van der Waals surface area contributed by atoms with Crippen molar-refractivity contribution in [2.75, 3.05) is 19.6 Å². The highest BCUT2D eigenvalue weighted by Crippen LogP contribution is 2.32. The summed E-state index contributed by atoms with van der Waals surface area (Å²) in [5, 5.41) is 9.86. The molecule has 1 aromatic carbocycles. The van der Waals surface area contributed by atoms with E-state index in [-0.39, 0.29) is 22.5 Å². The molecule has 3 rings (SSSR count). The van der Waals surface area contributed by atoms with Crippen molar-refractivity contribution >= 4 is 17.5 Å². The Morgan fingerprint density at radius 2 is 2.17 bits per heavy atom. The van der Waals surface area contributed by atoms with Gasteiger partial charge in [0.2, 0.25) is 5.91 Å². The van der Waals surface area contributed by atoms with Crippen molar-refractivity contribution in [3.63, 3.8) is 0 Å². The summed E-state index contributed by atoms with van der Waals surface area (Å²) in [5.74, 6) is -0.266. The Morgan fingerprint density at radius 3 is 2.83 bits per heavy atom. The zero-order valence-electron chi connectivity index (χ0n) is 12.8. The van der Waals surface area contributed by atoms with Crippen LogP contribution >= 0.6 is 11.6 Å². The number of carbonyl (C=O) groups excluding carboxylic acids is 1. The maximum atomic E-state index is 14.2. The van der Waals surface area contributed by atoms with Crippen LogP contribution in [0, 0.1) is 17.1 Å². The highest BCUT2D eigenvalue weighted by atomic mass is 35.5. The van der Waals surface area contributed by atoms with Crippen LogP contribution in [0.3, 0.4) is 0 Å². The van der Waals surface area contributed by atoms with E-state index in [9.17, 15) is 14.4 Å². The van der Waals surface area contributed by atoms with E-state index in [0.29, 0.717) is 19.5 Å². The summed E-state index contributed by atoms with van der Waals surface area (Å²) in [6.45, 7) is 2.09. The highest BCUT2D eigenvalue weighted by Gasteiger charge is 2.35. The fraction of sp³-hybridized carbons (Fsp3) is 0.529. The third kappa shape index (κ3) is 3.19. The molecular weight excluding hydrogens is 317 g/mol. The number of likely N-dealkylation sites (tertiary alicyclic amines) is 2. The Kier molecular flexibility index (Phi) is 4.84. The van der Waals surface area contributed by atoms with Crippen molar-refractivity contribution in [2.45, 2.75) is 37.8 Å². The molecule has 0 aliphatic carbocycles. The molecule has 0 spiro atoms. The second-order valence-corrected chi connectivity index (χ2v) is 6.56. The van der Waals surface area contributed by atoms with Crippen LogP contribution in [0.15, 0.2) is 18.2 Å². The number of amides is 1. The van der Waals surface area contributed by atoms with Crippen molar-refractivity contribution in [2.24, 2.45) is 0 Å². The molecule has 2 heterocycles. The molecule has 0 radical (unpaired) electrons. The minimum Gasteiger partial charge on any atom is -0.338 e. The van der Waals surface area contributed by atoms with Gasteiger partial charge in [-0.3, -0.25) is 9.69 Å². The van der Waals surface area contributed by atoms with E-state index < -0.39 is 11.9 Å². The number of benzene rings is 1. The monoisotopic (exact) mass is 335 g/mol. The first kappa shape index (κ1) is 16.2. The Hall–Kier alpha value is -1.64. The first-order chi connectivity index (χ1) is 11.1. The second kappa shape index (κ2) is 6.86. The number of carbonyl (C=O) groups is 1. The molecule has 1 amide bonds. The van der Waals surface area contributed by atoms with Gasteiger partial charge >= 0.3 is 0 Å². The summed E-state index contributed by atoms with van der Waals surface area (Å²) < 4.78 is 14.2. The summed E-state index contributed by atoms with van der Waals surface area (Å²) in [4.78, 5) is 15.8. The molecule has 2 atom stereocenters. The molecule has 0 N–H and O–H groups in total. The molecule has 2 unspecified atom stereocenters. The fourth-order valence-corrected chi connectivity index (χ4v) is 3.89. The summed E-state index contributed by atoms with van der Waals surface area (Å²) in [6, 6.07) is 6.06. The Bertz CT molecular complexity index is 625. The van der Waals surface area contributed by atoms with Crippen LogP contribution in [-0.2, 0) is 4.79 Å². The van der Waals surface area contributed by atoms with E-state index in [1.54, 1.807) is 6.07 Å². The Labute approximate surface area is 140 Å². The van der Waals surface area contributed by atoms with Gasteiger partial charge in [0.25, 0.3) is 0 Å². The summed E-state index contributed by atoms with van der Waals surface area (Å²) in [6.07, 6.45) is 3.33. The number of hydrogen-bond donors (Lipinski definition) is 0. The van der Waals surface area contributed by atoms with Gasteiger partial charge in [0.1, 0.15) is 11.9 Å². The van der Waals surface area contributed by atoms with Gasteiger partial charge in [-0.05, 0) is 37.9 Å².